The number of aliphatic hydroxyl groups is 1. The number of nitrogens with zero attached hydrogens (tertiary/aromatic N) is 3. The Morgan fingerprint density at radius 2 is 1.79 bits per heavy atom. The van der Waals surface area contributed by atoms with E-state index < -0.39 is 15.7 Å². The molecule has 4 rings (SSSR count). The Labute approximate surface area is 215 Å². The number of sulfonamides is 1. The van der Waals surface area contributed by atoms with Crippen molar-refractivity contribution in [1.29, 1.82) is 0 Å². The lowest BCUT2D eigenvalue weighted by Crippen LogP contribution is -2.51. The Hall–Kier alpha value is -1.10. The molecule has 1 atom stereocenters. The molecule has 1 N–H and O–H groups in total. The smallest absolute Gasteiger partial charge is 0.244 e. The number of thioether (sulfide) groups is 1. The van der Waals surface area contributed by atoms with Crippen LogP contribution in [-0.2, 0) is 15.7 Å². The second-order valence-electron chi connectivity index (χ2n) is 8.43. The number of benzene rings is 2. The molecule has 1 saturated carbocycles. The van der Waals surface area contributed by atoms with E-state index >= 15 is 0 Å². The normalized spacial score (nSPS) is 23.2. The van der Waals surface area contributed by atoms with Gasteiger partial charge in [0.05, 0.1) is 16.5 Å². The first-order valence-electron chi connectivity index (χ1n) is 10.7. The summed E-state index contributed by atoms with van der Waals surface area (Å²) in [4.78, 5) is 6.86. The highest BCUT2D eigenvalue weighted by atomic mass is 79.9. The van der Waals surface area contributed by atoms with Crippen LogP contribution in [0.25, 0.3) is 0 Å². The van der Waals surface area contributed by atoms with Crippen LogP contribution in [0.3, 0.4) is 0 Å². The van der Waals surface area contributed by atoms with Crippen LogP contribution in [0.5, 0.6) is 0 Å². The van der Waals surface area contributed by atoms with Gasteiger partial charge >= 0.3 is 0 Å². The van der Waals surface area contributed by atoms with Gasteiger partial charge in [-0.2, -0.15) is 0 Å². The molecule has 6 nitrogen and oxygen atoms in total. The molecule has 2 fully saturated rings. The third-order valence-corrected chi connectivity index (χ3v) is 9.47. The van der Waals surface area contributed by atoms with Crippen molar-refractivity contribution in [1.82, 2.24) is 9.21 Å². The van der Waals surface area contributed by atoms with Gasteiger partial charge in [0.25, 0.3) is 0 Å². The molecule has 1 heterocycles. The highest BCUT2D eigenvalue weighted by molar-refractivity contribution is 8.93. The number of hydrogen-bond acceptors (Lipinski definition) is 5. The molecule has 180 valence electrons. The van der Waals surface area contributed by atoms with Gasteiger partial charge in [-0.05, 0) is 37.1 Å². The minimum Gasteiger partial charge on any atom is -0.366 e. The lowest BCUT2D eigenvalue weighted by atomic mass is 9.91. The van der Waals surface area contributed by atoms with E-state index in [1.807, 2.05) is 35.2 Å². The van der Waals surface area contributed by atoms with E-state index in [9.17, 15) is 13.5 Å². The highest BCUT2D eigenvalue weighted by Gasteiger charge is 2.48. The van der Waals surface area contributed by atoms with Crippen LogP contribution in [0.4, 0.5) is 5.69 Å². The predicted molar refractivity (Wildman–Crippen MR) is 141 cm³/mol. The largest absolute Gasteiger partial charge is 0.366 e. The van der Waals surface area contributed by atoms with Crippen molar-refractivity contribution in [2.75, 3.05) is 19.8 Å². The summed E-state index contributed by atoms with van der Waals surface area (Å²) in [6.07, 6.45) is 5.32. The number of halogens is 2. The maximum Gasteiger partial charge on any atom is 0.244 e. The summed E-state index contributed by atoms with van der Waals surface area (Å²) >= 11 is 7.77. The zero-order valence-electron chi connectivity index (χ0n) is 18.6. The summed E-state index contributed by atoms with van der Waals surface area (Å²) in [6.45, 7) is 0. The molecule has 0 aromatic heterocycles. The standard InChI is InChI=1S/C23H28ClN3O3S2.BrH/c1-26(2)32(29,30)21-15-17(13-14-20(21)24)23(28)16-31-22(25-18-9-5-3-6-10-18)27(23)19-11-7-4-8-12-19;/h3,5-6,9-10,13-15,19,28H,4,7-8,11-12,16H2,1-2H3;1H/b25-22+;. The second kappa shape index (κ2) is 10.7. The monoisotopic (exact) mass is 573 g/mol. The van der Waals surface area contributed by atoms with Gasteiger partial charge in [-0.15, -0.1) is 17.0 Å². The fourth-order valence-corrected chi connectivity index (χ4v) is 6.97. The topological polar surface area (TPSA) is 73.2 Å². The van der Waals surface area contributed by atoms with Crippen LogP contribution >= 0.6 is 40.3 Å². The van der Waals surface area contributed by atoms with Gasteiger partial charge in [0, 0.05) is 25.7 Å². The summed E-state index contributed by atoms with van der Waals surface area (Å²) in [7, 11) is -0.817. The molecule has 1 saturated heterocycles. The van der Waals surface area contributed by atoms with Crippen LogP contribution in [0.2, 0.25) is 5.02 Å². The van der Waals surface area contributed by atoms with Crippen molar-refractivity contribution in [3.63, 3.8) is 0 Å². The number of rotatable bonds is 5. The molecule has 2 aromatic carbocycles. The van der Waals surface area contributed by atoms with Crippen LogP contribution in [0, 0.1) is 0 Å². The molecule has 33 heavy (non-hydrogen) atoms. The Morgan fingerprint density at radius 1 is 1.12 bits per heavy atom. The number of para-hydroxylation sites is 1. The van der Waals surface area contributed by atoms with E-state index in [4.69, 9.17) is 16.6 Å². The van der Waals surface area contributed by atoms with Crippen LogP contribution < -0.4 is 0 Å². The zero-order chi connectivity index (χ0) is 22.9. The summed E-state index contributed by atoms with van der Waals surface area (Å²) in [5.41, 5.74) is -0.0349. The lowest BCUT2D eigenvalue weighted by Gasteiger charge is -2.42. The highest BCUT2D eigenvalue weighted by Crippen LogP contribution is 2.45. The fourth-order valence-electron chi connectivity index (χ4n) is 4.33. The zero-order valence-corrected chi connectivity index (χ0v) is 22.7. The molecule has 1 unspecified atom stereocenters. The Kier molecular flexibility index (Phi) is 8.56. The van der Waals surface area contributed by atoms with Gasteiger partial charge < -0.3 is 10.0 Å². The van der Waals surface area contributed by atoms with Gasteiger partial charge in [-0.25, -0.2) is 17.7 Å². The van der Waals surface area contributed by atoms with Gasteiger partial charge in [0.15, 0.2) is 10.9 Å². The van der Waals surface area contributed by atoms with Crippen molar-refractivity contribution >= 4 is 61.2 Å². The molecule has 0 radical (unpaired) electrons. The molecular weight excluding hydrogens is 546 g/mol. The molecule has 1 aliphatic heterocycles. The molecule has 0 spiro atoms. The van der Waals surface area contributed by atoms with Crippen LogP contribution in [-0.4, -0.2) is 53.8 Å². The SMILES string of the molecule is Br.CN(C)S(=O)(=O)c1cc(C2(O)CS/C(=N/c3ccccc3)N2C2CCCCC2)ccc1Cl. The van der Waals surface area contributed by atoms with Crippen molar-refractivity contribution in [2.45, 2.75) is 48.8 Å². The van der Waals surface area contributed by atoms with Crippen molar-refractivity contribution in [3.05, 3.63) is 59.1 Å². The average molecular weight is 575 g/mol. The molecule has 0 amide bonds. The molecule has 2 aliphatic rings. The van der Waals surface area contributed by atoms with E-state index in [2.05, 4.69) is 0 Å². The third-order valence-electron chi connectivity index (χ3n) is 6.08. The predicted octanol–water partition coefficient (Wildman–Crippen LogP) is 5.38. The molecule has 0 bridgehead atoms. The minimum atomic E-state index is -3.76. The first-order chi connectivity index (χ1) is 15.2. The Bertz CT molecular complexity index is 1110. The summed E-state index contributed by atoms with van der Waals surface area (Å²) < 4.78 is 26.8. The maximum atomic E-state index is 12.8. The van der Waals surface area contributed by atoms with Crippen molar-refractivity contribution in [3.8, 4) is 0 Å². The Morgan fingerprint density at radius 3 is 2.42 bits per heavy atom. The van der Waals surface area contributed by atoms with E-state index in [-0.39, 0.29) is 32.9 Å². The van der Waals surface area contributed by atoms with E-state index in [1.165, 1.54) is 38.3 Å². The summed E-state index contributed by atoms with van der Waals surface area (Å²) in [5.74, 6) is 0.359. The van der Waals surface area contributed by atoms with Crippen molar-refractivity contribution in [2.24, 2.45) is 4.99 Å². The van der Waals surface area contributed by atoms with Crippen LogP contribution in [0.15, 0.2) is 58.4 Å². The number of amidine groups is 1. The summed E-state index contributed by atoms with van der Waals surface area (Å²) in [5, 5.41) is 12.9. The van der Waals surface area contributed by atoms with Gasteiger partial charge in [0.2, 0.25) is 10.0 Å². The molecule has 10 heteroatoms. The average Bonchev–Trinajstić information content (AvgIpc) is 3.12. The number of aliphatic imine (C=N–C) groups is 1. The first-order valence-corrected chi connectivity index (χ1v) is 13.5. The van der Waals surface area contributed by atoms with Gasteiger partial charge in [-0.3, -0.25) is 0 Å². The fraction of sp³-hybridized carbons (Fsp3) is 0.435. The van der Waals surface area contributed by atoms with Gasteiger partial charge in [0.1, 0.15) is 4.90 Å². The maximum absolute atomic E-state index is 12.8. The second-order valence-corrected chi connectivity index (χ2v) is 11.9. The quantitative estimate of drug-likeness (QED) is 0.519. The third kappa shape index (κ3) is 5.28. The van der Waals surface area contributed by atoms with E-state index in [0.717, 1.165) is 40.8 Å². The molecule has 2 aromatic rings. The molecule has 1 aliphatic carbocycles. The number of hydrogen-bond donors (Lipinski definition) is 1. The van der Waals surface area contributed by atoms with E-state index in [1.54, 1.807) is 12.1 Å². The minimum absolute atomic E-state index is 0. The first kappa shape index (κ1) is 26.5. The molecular formula is C23H29BrClN3O3S2. The summed E-state index contributed by atoms with van der Waals surface area (Å²) in [6, 6.07) is 14.6. The van der Waals surface area contributed by atoms with Crippen LogP contribution in [0.1, 0.15) is 37.7 Å². The van der Waals surface area contributed by atoms with Crippen molar-refractivity contribution < 1.29 is 13.5 Å². The Balaban J connectivity index is 0.00000306. The van der Waals surface area contributed by atoms with E-state index in [0.29, 0.717) is 11.3 Å². The van der Waals surface area contributed by atoms with Gasteiger partial charge in [-0.1, -0.05) is 66.9 Å². The lowest BCUT2D eigenvalue weighted by molar-refractivity contribution is -0.0735.